The fourth-order valence-corrected chi connectivity index (χ4v) is 3.04. The van der Waals surface area contributed by atoms with Crippen LogP contribution in [0.15, 0.2) is 36.1 Å². The molecule has 0 aromatic heterocycles. The Balaban J connectivity index is 2.14. The van der Waals surface area contributed by atoms with E-state index < -0.39 is 12.3 Å². The van der Waals surface area contributed by atoms with E-state index in [1.807, 2.05) is 26.0 Å². The second kappa shape index (κ2) is 10.2. The molecule has 1 saturated carbocycles. The summed E-state index contributed by atoms with van der Waals surface area (Å²) in [6, 6.07) is 8.04. The third-order valence-electron chi connectivity index (χ3n) is 4.27. The van der Waals surface area contributed by atoms with E-state index in [-0.39, 0.29) is 5.76 Å². The van der Waals surface area contributed by atoms with Crippen LogP contribution in [-0.4, -0.2) is 32.6 Å². The second-order valence-corrected chi connectivity index (χ2v) is 5.96. The van der Waals surface area contributed by atoms with Crippen molar-refractivity contribution < 1.29 is 23.7 Å². The van der Waals surface area contributed by atoms with Crippen LogP contribution >= 0.6 is 0 Å². The van der Waals surface area contributed by atoms with E-state index in [0.29, 0.717) is 24.9 Å². The first-order valence-electron chi connectivity index (χ1n) is 8.98. The first kappa shape index (κ1) is 19.5. The van der Waals surface area contributed by atoms with Gasteiger partial charge in [0.05, 0.1) is 13.2 Å². The fourth-order valence-electron chi connectivity index (χ4n) is 3.04. The van der Waals surface area contributed by atoms with Crippen LogP contribution < -0.4 is 4.74 Å². The lowest BCUT2D eigenvalue weighted by atomic mass is 9.98. The maximum Gasteiger partial charge on any atom is 0.334 e. The van der Waals surface area contributed by atoms with Crippen LogP contribution in [-0.2, 0) is 19.0 Å². The average Bonchev–Trinajstić information content (AvgIpc) is 3.16. The molecule has 138 valence electrons. The number of carbonyl (C=O) groups excluding carboxylic acids is 1. The summed E-state index contributed by atoms with van der Waals surface area (Å²) in [6.45, 7) is 4.59. The molecule has 0 amide bonds. The quantitative estimate of drug-likeness (QED) is 0.290. The number of esters is 1. The number of hydrogen-bond acceptors (Lipinski definition) is 5. The molecule has 1 fully saturated rings. The summed E-state index contributed by atoms with van der Waals surface area (Å²) in [5.41, 5.74) is 1.34. The van der Waals surface area contributed by atoms with Gasteiger partial charge < -0.3 is 18.9 Å². The molecule has 0 saturated heterocycles. The molecule has 5 heteroatoms. The lowest BCUT2D eigenvalue weighted by molar-refractivity contribution is -0.138. The minimum absolute atomic E-state index is 0.282. The predicted octanol–water partition coefficient (Wildman–Crippen LogP) is 4.18. The smallest absolute Gasteiger partial charge is 0.334 e. The predicted molar refractivity (Wildman–Crippen MR) is 95.4 cm³/mol. The highest BCUT2D eigenvalue weighted by molar-refractivity contribution is 5.82. The van der Waals surface area contributed by atoms with Crippen LogP contribution in [0.25, 0.3) is 0 Å². The Labute approximate surface area is 149 Å². The first-order chi connectivity index (χ1) is 12.2. The largest absolute Gasteiger partial charge is 0.466 e. The maximum atomic E-state index is 11.7. The van der Waals surface area contributed by atoms with E-state index >= 15 is 0 Å². The summed E-state index contributed by atoms with van der Waals surface area (Å²) in [5.74, 6) is 1.06. The minimum atomic E-state index is -0.747. The summed E-state index contributed by atoms with van der Waals surface area (Å²) in [7, 11) is 1.32. The summed E-state index contributed by atoms with van der Waals surface area (Å²) in [5, 5.41) is 0. The highest BCUT2D eigenvalue weighted by Crippen LogP contribution is 2.34. The van der Waals surface area contributed by atoms with E-state index in [2.05, 4.69) is 12.1 Å². The molecule has 1 aliphatic rings. The number of carbonyl (C=O) groups is 1. The monoisotopic (exact) mass is 348 g/mol. The van der Waals surface area contributed by atoms with Gasteiger partial charge in [0.25, 0.3) is 0 Å². The standard InChI is InChI=1S/C20H28O5/c1-4-23-20(24-5-2)18(14-19(21)22-3)25-17-12-10-16(11-13-17)15-8-6-7-9-15/h10-15,20H,4-9H2,1-3H3/b18-14-. The molecule has 0 unspecified atom stereocenters. The Morgan fingerprint density at radius 3 is 2.24 bits per heavy atom. The SMILES string of the molecule is CCOC(OCC)/C(=C/C(=O)OC)Oc1ccc(C2CCCC2)cc1. The minimum Gasteiger partial charge on any atom is -0.466 e. The van der Waals surface area contributed by atoms with E-state index in [1.165, 1.54) is 44.4 Å². The summed E-state index contributed by atoms with van der Waals surface area (Å²) in [6.07, 6.45) is 5.64. The van der Waals surface area contributed by atoms with Crippen molar-refractivity contribution in [3.8, 4) is 5.75 Å². The normalized spacial score (nSPS) is 15.6. The number of rotatable bonds is 9. The molecule has 0 radical (unpaired) electrons. The molecule has 0 N–H and O–H groups in total. The van der Waals surface area contributed by atoms with Crippen molar-refractivity contribution in [2.24, 2.45) is 0 Å². The molecule has 1 aromatic rings. The van der Waals surface area contributed by atoms with Crippen LogP contribution in [0, 0.1) is 0 Å². The number of benzene rings is 1. The molecule has 0 spiro atoms. The maximum absolute atomic E-state index is 11.7. The topological polar surface area (TPSA) is 54.0 Å². The van der Waals surface area contributed by atoms with E-state index in [0.717, 1.165) is 0 Å². The highest BCUT2D eigenvalue weighted by atomic mass is 16.7. The molecule has 2 rings (SSSR count). The molecule has 1 aliphatic carbocycles. The number of methoxy groups -OCH3 is 1. The van der Waals surface area contributed by atoms with Gasteiger partial charge in [0, 0.05) is 13.2 Å². The Morgan fingerprint density at radius 2 is 1.72 bits per heavy atom. The molecule has 0 atom stereocenters. The van der Waals surface area contributed by atoms with Gasteiger partial charge in [-0.3, -0.25) is 0 Å². The Hall–Kier alpha value is -1.85. The van der Waals surface area contributed by atoms with Gasteiger partial charge >= 0.3 is 5.97 Å². The second-order valence-electron chi connectivity index (χ2n) is 5.96. The third-order valence-corrected chi connectivity index (χ3v) is 4.27. The van der Waals surface area contributed by atoms with Crippen molar-refractivity contribution in [2.75, 3.05) is 20.3 Å². The average molecular weight is 348 g/mol. The molecule has 1 aromatic carbocycles. The van der Waals surface area contributed by atoms with E-state index in [1.54, 1.807) is 0 Å². The van der Waals surface area contributed by atoms with Crippen molar-refractivity contribution in [1.82, 2.24) is 0 Å². The van der Waals surface area contributed by atoms with Crippen LogP contribution in [0.4, 0.5) is 0 Å². The highest BCUT2D eigenvalue weighted by Gasteiger charge is 2.20. The Bertz CT molecular complexity index is 552. The van der Waals surface area contributed by atoms with Gasteiger partial charge in [-0.1, -0.05) is 25.0 Å². The Morgan fingerprint density at radius 1 is 1.12 bits per heavy atom. The van der Waals surface area contributed by atoms with Gasteiger partial charge in [0.15, 0.2) is 5.76 Å². The molecule has 5 nitrogen and oxygen atoms in total. The zero-order chi connectivity index (χ0) is 18.1. The van der Waals surface area contributed by atoms with Gasteiger partial charge in [-0.2, -0.15) is 0 Å². The molecular formula is C20H28O5. The Kier molecular flexibility index (Phi) is 7.95. The van der Waals surface area contributed by atoms with Gasteiger partial charge in [0.1, 0.15) is 5.75 Å². The van der Waals surface area contributed by atoms with Gasteiger partial charge in [-0.25, -0.2) is 4.79 Å². The van der Waals surface area contributed by atoms with Gasteiger partial charge in [-0.05, 0) is 50.3 Å². The number of ether oxygens (including phenoxy) is 4. The lowest BCUT2D eigenvalue weighted by Crippen LogP contribution is -2.24. The summed E-state index contributed by atoms with van der Waals surface area (Å²) < 4.78 is 21.7. The van der Waals surface area contributed by atoms with Crippen LogP contribution in [0.2, 0.25) is 0 Å². The third kappa shape index (κ3) is 5.87. The van der Waals surface area contributed by atoms with Crippen molar-refractivity contribution in [3.63, 3.8) is 0 Å². The van der Waals surface area contributed by atoms with Crippen molar-refractivity contribution >= 4 is 5.97 Å². The summed E-state index contributed by atoms with van der Waals surface area (Å²) >= 11 is 0. The zero-order valence-electron chi connectivity index (χ0n) is 15.3. The van der Waals surface area contributed by atoms with Gasteiger partial charge in [-0.15, -0.1) is 0 Å². The molecule has 0 heterocycles. The molecule has 25 heavy (non-hydrogen) atoms. The molecule has 0 aliphatic heterocycles. The fraction of sp³-hybridized carbons (Fsp3) is 0.550. The van der Waals surface area contributed by atoms with Crippen LogP contribution in [0.5, 0.6) is 5.75 Å². The summed E-state index contributed by atoms with van der Waals surface area (Å²) in [4.78, 5) is 11.7. The first-order valence-corrected chi connectivity index (χ1v) is 8.98. The zero-order valence-corrected chi connectivity index (χ0v) is 15.3. The van der Waals surface area contributed by atoms with Crippen molar-refractivity contribution in [2.45, 2.75) is 51.7 Å². The molecular weight excluding hydrogens is 320 g/mol. The lowest BCUT2D eigenvalue weighted by Gasteiger charge is -2.20. The van der Waals surface area contributed by atoms with Crippen LogP contribution in [0.3, 0.4) is 0 Å². The van der Waals surface area contributed by atoms with Crippen molar-refractivity contribution in [1.29, 1.82) is 0 Å². The van der Waals surface area contributed by atoms with Crippen molar-refractivity contribution in [3.05, 3.63) is 41.7 Å². The molecule has 0 bridgehead atoms. The van der Waals surface area contributed by atoms with Crippen LogP contribution in [0.1, 0.15) is 51.0 Å². The van der Waals surface area contributed by atoms with E-state index in [9.17, 15) is 4.79 Å². The van der Waals surface area contributed by atoms with Gasteiger partial charge in [0.2, 0.25) is 6.29 Å². The van der Waals surface area contributed by atoms with E-state index in [4.69, 9.17) is 18.9 Å². The number of hydrogen-bond donors (Lipinski definition) is 0.